The maximum Gasteiger partial charge on any atom is 0.353 e. The minimum Gasteiger partial charge on any atom is -0.342 e. The lowest BCUT2D eigenvalue weighted by Gasteiger charge is -2.26. The van der Waals surface area contributed by atoms with Crippen LogP contribution in [-0.4, -0.2) is 44.4 Å². The van der Waals surface area contributed by atoms with Crippen molar-refractivity contribution in [2.45, 2.75) is 32.4 Å². The van der Waals surface area contributed by atoms with Crippen molar-refractivity contribution in [1.29, 1.82) is 0 Å². The summed E-state index contributed by atoms with van der Waals surface area (Å²) in [4.78, 5) is 4.35. The van der Waals surface area contributed by atoms with Gasteiger partial charge in [-0.05, 0) is 31.1 Å². The number of aryl methyl sites for hydroxylation is 2. The molecule has 1 atom stereocenters. The minimum atomic E-state index is -3.53. The highest BCUT2D eigenvalue weighted by Crippen LogP contribution is 2.42. The monoisotopic (exact) mass is 512 g/mol. The molecule has 1 aliphatic heterocycles. The fraction of sp³-hybridized carbons (Fsp3) is 0.273. The van der Waals surface area contributed by atoms with Crippen LogP contribution in [0.15, 0.2) is 41.4 Å². The lowest BCUT2D eigenvalue weighted by molar-refractivity contribution is 0.0183. The van der Waals surface area contributed by atoms with E-state index in [2.05, 4.69) is 40.5 Å². The quantitative estimate of drug-likeness (QED) is 0.369. The lowest BCUT2D eigenvalue weighted by Crippen LogP contribution is -2.28. The Morgan fingerprint density at radius 3 is 2.78 bits per heavy atom. The van der Waals surface area contributed by atoms with Crippen molar-refractivity contribution in [3.8, 4) is 22.6 Å². The molecule has 36 heavy (non-hydrogen) atoms. The number of pyridine rings is 1. The molecule has 11 nitrogen and oxygen atoms in total. The van der Waals surface area contributed by atoms with E-state index >= 15 is 8.78 Å². The Bertz CT molecular complexity index is 1600. The van der Waals surface area contributed by atoms with E-state index in [9.17, 15) is 0 Å². The molecular formula is C22H19ClF2N10O. The van der Waals surface area contributed by atoms with Crippen molar-refractivity contribution in [1.82, 2.24) is 44.4 Å². The summed E-state index contributed by atoms with van der Waals surface area (Å²) < 4.78 is 40.3. The van der Waals surface area contributed by atoms with Crippen LogP contribution in [0.2, 0.25) is 5.02 Å². The largest absolute Gasteiger partial charge is 0.353 e. The lowest BCUT2D eigenvalue weighted by atomic mass is 10.1. The summed E-state index contributed by atoms with van der Waals surface area (Å²) in [5, 5.41) is 22.7. The third kappa shape index (κ3) is 3.38. The van der Waals surface area contributed by atoms with Gasteiger partial charge in [-0.3, -0.25) is 9.25 Å². The second-order valence-corrected chi connectivity index (χ2v) is 9.03. The first-order valence-corrected chi connectivity index (χ1v) is 11.4. The smallest absolute Gasteiger partial charge is 0.342 e. The van der Waals surface area contributed by atoms with Gasteiger partial charge in [0.2, 0.25) is 5.82 Å². The molecule has 0 unspecified atom stereocenters. The Morgan fingerprint density at radius 1 is 1.22 bits per heavy atom. The summed E-state index contributed by atoms with van der Waals surface area (Å²) in [6.07, 6.45) is 5.16. The zero-order valence-corrected chi connectivity index (χ0v) is 20.1. The Morgan fingerprint density at radius 2 is 2.06 bits per heavy atom. The average molecular weight is 513 g/mol. The number of anilines is 2. The van der Waals surface area contributed by atoms with Gasteiger partial charge < -0.3 is 9.88 Å². The second kappa shape index (κ2) is 7.95. The van der Waals surface area contributed by atoms with Crippen LogP contribution in [0.4, 0.5) is 20.4 Å². The van der Waals surface area contributed by atoms with E-state index in [-0.39, 0.29) is 11.7 Å². The van der Waals surface area contributed by atoms with Gasteiger partial charge in [0.25, 0.3) is 0 Å². The van der Waals surface area contributed by atoms with Gasteiger partial charge in [-0.25, -0.2) is 9.61 Å². The molecular weight excluding hydrogens is 494 g/mol. The van der Waals surface area contributed by atoms with Crippen LogP contribution in [0.3, 0.4) is 0 Å². The van der Waals surface area contributed by atoms with E-state index in [1.165, 1.54) is 11.5 Å². The maximum atomic E-state index is 15.4. The summed E-state index contributed by atoms with van der Waals surface area (Å²) in [6, 6.07) is 5.15. The third-order valence-electron chi connectivity index (χ3n) is 6.20. The molecule has 0 saturated heterocycles. The molecule has 0 spiro atoms. The van der Waals surface area contributed by atoms with Crippen molar-refractivity contribution in [2.75, 3.05) is 5.32 Å². The fourth-order valence-electron chi connectivity index (χ4n) is 4.44. The summed E-state index contributed by atoms with van der Waals surface area (Å²) in [5.41, 5.74) is 1.57. The Labute approximate surface area is 207 Å². The summed E-state index contributed by atoms with van der Waals surface area (Å²) in [6.45, 7) is 3.67. The number of nitrogens with one attached hydrogen (secondary N) is 1. The molecule has 14 heteroatoms. The molecule has 1 N–H and O–H groups in total. The van der Waals surface area contributed by atoms with Crippen molar-refractivity contribution < 1.29 is 13.4 Å². The number of nitrogens with zero attached hydrogens (tertiary/aromatic N) is 9. The molecule has 5 aromatic heterocycles. The molecule has 5 aromatic rings. The van der Waals surface area contributed by atoms with Crippen molar-refractivity contribution in [2.24, 2.45) is 7.05 Å². The highest BCUT2D eigenvalue weighted by Gasteiger charge is 2.47. The number of fused-ring (bicyclic) bond motifs is 3. The predicted octanol–water partition coefficient (Wildman–Crippen LogP) is 4.35. The first-order valence-electron chi connectivity index (χ1n) is 11.0. The standard InChI is InChI=1S/C22H19ClF2N10O/c1-11-9-34-10-13(14-7-17(26-8-15(14)23)28-18-4-5-27-33(18)3)6-16(34)20-29-30-21(35(11)20)22(24,25)19-12(2)31-36-32-19/h4-8,10-11H,9H2,1-3H3,(H,26,28)/t11-/m0/s1. The van der Waals surface area contributed by atoms with E-state index in [0.717, 1.165) is 16.9 Å². The first kappa shape index (κ1) is 22.3. The third-order valence-corrected chi connectivity index (χ3v) is 6.50. The number of aromatic nitrogens is 9. The summed E-state index contributed by atoms with van der Waals surface area (Å²) >= 11 is 6.50. The molecule has 0 fully saturated rings. The van der Waals surface area contributed by atoms with Gasteiger partial charge in [-0.15, -0.1) is 10.2 Å². The van der Waals surface area contributed by atoms with E-state index in [1.807, 2.05) is 42.9 Å². The molecule has 0 aliphatic carbocycles. The van der Waals surface area contributed by atoms with E-state index < -0.39 is 17.4 Å². The predicted molar refractivity (Wildman–Crippen MR) is 125 cm³/mol. The SMILES string of the molecule is Cc1nonc1C(F)(F)c1nnc2n1[C@@H](C)Cn1cc(-c3cc(Nc4ccnn4C)ncc3Cl)cc1-2. The molecule has 6 heterocycles. The molecule has 1 aliphatic rings. The van der Waals surface area contributed by atoms with E-state index in [4.69, 9.17) is 11.6 Å². The molecule has 0 aromatic carbocycles. The highest BCUT2D eigenvalue weighted by molar-refractivity contribution is 6.33. The maximum absolute atomic E-state index is 15.4. The van der Waals surface area contributed by atoms with Crippen LogP contribution >= 0.6 is 11.6 Å². The topological polar surface area (TPSA) is 117 Å². The van der Waals surface area contributed by atoms with E-state index in [1.54, 1.807) is 17.1 Å². The molecule has 0 saturated carbocycles. The van der Waals surface area contributed by atoms with Crippen LogP contribution in [0, 0.1) is 6.92 Å². The molecule has 0 radical (unpaired) electrons. The van der Waals surface area contributed by atoms with E-state index in [0.29, 0.717) is 28.9 Å². The number of rotatable bonds is 5. The Kier molecular flexibility index (Phi) is 4.93. The van der Waals surface area contributed by atoms with Gasteiger partial charge in [-0.1, -0.05) is 16.8 Å². The van der Waals surface area contributed by atoms with Crippen LogP contribution in [0.1, 0.15) is 30.2 Å². The molecule has 0 amide bonds. The van der Waals surface area contributed by atoms with Crippen molar-refractivity contribution >= 4 is 23.2 Å². The summed E-state index contributed by atoms with van der Waals surface area (Å²) in [7, 11) is 1.82. The zero-order chi connectivity index (χ0) is 25.2. The van der Waals surface area contributed by atoms with Gasteiger partial charge in [0.1, 0.15) is 17.3 Å². The van der Waals surface area contributed by atoms with Crippen molar-refractivity contribution in [3.63, 3.8) is 0 Å². The normalized spacial score (nSPS) is 15.1. The minimum absolute atomic E-state index is 0.00524. The number of alkyl halides is 2. The number of hydrogen-bond donors (Lipinski definition) is 1. The van der Waals surface area contributed by atoms with Crippen LogP contribution in [-0.2, 0) is 19.5 Å². The van der Waals surface area contributed by atoms with Gasteiger partial charge in [0, 0.05) is 43.2 Å². The second-order valence-electron chi connectivity index (χ2n) is 8.62. The molecule has 0 bridgehead atoms. The van der Waals surface area contributed by atoms with Gasteiger partial charge in [0.15, 0.2) is 11.5 Å². The highest BCUT2D eigenvalue weighted by atomic mass is 35.5. The van der Waals surface area contributed by atoms with Gasteiger partial charge >= 0.3 is 5.92 Å². The van der Waals surface area contributed by atoms with Gasteiger partial charge in [-0.2, -0.15) is 13.9 Å². The Hall–Kier alpha value is -4.13. The van der Waals surface area contributed by atoms with Gasteiger partial charge in [0.05, 0.1) is 23.0 Å². The fourth-order valence-corrected chi connectivity index (χ4v) is 4.65. The molecule has 184 valence electrons. The average Bonchev–Trinajstić information content (AvgIpc) is 3.62. The van der Waals surface area contributed by atoms with Crippen LogP contribution < -0.4 is 5.32 Å². The summed E-state index contributed by atoms with van der Waals surface area (Å²) in [5.74, 6) is -2.37. The van der Waals surface area contributed by atoms with Crippen LogP contribution in [0.25, 0.3) is 22.6 Å². The number of hydrogen-bond acceptors (Lipinski definition) is 8. The molecule has 6 rings (SSSR count). The first-order chi connectivity index (χ1) is 17.2. The zero-order valence-electron chi connectivity index (χ0n) is 19.3. The number of halogens is 3. The van der Waals surface area contributed by atoms with Crippen molar-refractivity contribution in [3.05, 3.63) is 59.0 Å². The Balaban J connectivity index is 1.40. The van der Waals surface area contributed by atoms with Crippen LogP contribution in [0.5, 0.6) is 0 Å².